The smallest absolute Gasteiger partial charge is 0.244 e. The molecule has 1 aliphatic rings. The molecule has 0 bridgehead atoms. The van der Waals surface area contributed by atoms with Crippen molar-refractivity contribution < 1.29 is 22.3 Å². The summed E-state index contributed by atoms with van der Waals surface area (Å²) in [5.74, 6) is -0.789. The number of amides is 1. The molecule has 1 saturated heterocycles. The minimum atomic E-state index is -3.72. The number of sulfonamides is 1. The summed E-state index contributed by atoms with van der Waals surface area (Å²) < 4.78 is 46.7. The number of nitrogens with zero attached hydrogens (tertiary/aromatic N) is 2. The van der Waals surface area contributed by atoms with Crippen LogP contribution in [0.1, 0.15) is 24.0 Å². The van der Waals surface area contributed by atoms with Crippen LogP contribution in [0.5, 0.6) is 5.75 Å². The Kier molecular flexibility index (Phi) is 8.81. The maximum atomic E-state index is 13.9. The third-order valence-corrected chi connectivity index (χ3v) is 8.41. The molecule has 4 rings (SSSR count). The van der Waals surface area contributed by atoms with E-state index in [-0.39, 0.29) is 29.5 Å². The third kappa shape index (κ3) is 6.87. The van der Waals surface area contributed by atoms with Crippen LogP contribution in [-0.2, 0) is 21.4 Å². The number of rotatable bonds is 8. The molecule has 0 radical (unpaired) electrons. The van der Waals surface area contributed by atoms with Crippen molar-refractivity contribution in [3.05, 3.63) is 93.7 Å². The Morgan fingerprint density at radius 3 is 2.54 bits per heavy atom. The van der Waals surface area contributed by atoms with Crippen molar-refractivity contribution in [2.75, 3.05) is 13.1 Å². The predicted molar refractivity (Wildman–Crippen MR) is 141 cm³/mol. The lowest BCUT2D eigenvalue weighted by molar-refractivity contribution is -0.126. The normalized spacial score (nSPS) is 16.6. The van der Waals surface area contributed by atoms with Crippen LogP contribution in [0.25, 0.3) is 0 Å². The number of nitrogens with one attached hydrogen (secondary N) is 1. The molecule has 0 aliphatic carbocycles. The zero-order valence-corrected chi connectivity index (χ0v) is 21.9. The summed E-state index contributed by atoms with van der Waals surface area (Å²) in [6.45, 7) is 0.404. The molecule has 0 aromatic heterocycles. The summed E-state index contributed by atoms with van der Waals surface area (Å²) >= 11 is 11.9. The lowest BCUT2D eigenvalue weighted by Gasteiger charge is -2.30. The van der Waals surface area contributed by atoms with E-state index in [2.05, 4.69) is 10.5 Å². The van der Waals surface area contributed by atoms with Crippen LogP contribution in [0, 0.1) is 11.7 Å². The van der Waals surface area contributed by atoms with Gasteiger partial charge in [0.05, 0.1) is 22.1 Å². The first-order valence-corrected chi connectivity index (χ1v) is 13.7. The van der Waals surface area contributed by atoms with Crippen LogP contribution in [0.2, 0.25) is 10.0 Å². The Morgan fingerprint density at radius 2 is 1.84 bits per heavy atom. The molecule has 1 heterocycles. The van der Waals surface area contributed by atoms with Crippen molar-refractivity contribution in [1.82, 2.24) is 9.73 Å². The van der Waals surface area contributed by atoms with Gasteiger partial charge < -0.3 is 4.74 Å². The second-order valence-corrected chi connectivity index (χ2v) is 11.2. The van der Waals surface area contributed by atoms with Crippen molar-refractivity contribution in [2.24, 2.45) is 11.0 Å². The van der Waals surface area contributed by atoms with Gasteiger partial charge in [-0.1, -0.05) is 29.3 Å². The van der Waals surface area contributed by atoms with Gasteiger partial charge in [0.1, 0.15) is 18.2 Å². The summed E-state index contributed by atoms with van der Waals surface area (Å²) in [7, 11) is -3.72. The highest BCUT2D eigenvalue weighted by molar-refractivity contribution is 7.89. The van der Waals surface area contributed by atoms with Gasteiger partial charge >= 0.3 is 0 Å². The number of ether oxygens (including phenoxy) is 1. The van der Waals surface area contributed by atoms with E-state index in [0.29, 0.717) is 40.7 Å². The van der Waals surface area contributed by atoms with Crippen molar-refractivity contribution in [1.29, 1.82) is 0 Å². The molecule has 7 nitrogen and oxygen atoms in total. The van der Waals surface area contributed by atoms with Crippen LogP contribution in [-0.4, -0.2) is 37.9 Å². The number of piperidine rings is 1. The number of hydrogen-bond donors (Lipinski definition) is 1. The summed E-state index contributed by atoms with van der Waals surface area (Å²) in [6.07, 6.45) is 2.60. The summed E-state index contributed by atoms with van der Waals surface area (Å²) in [4.78, 5) is 12.8. The maximum Gasteiger partial charge on any atom is 0.244 e. The highest BCUT2D eigenvalue weighted by Crippen LogP contribution is 2.25. The second-order valence-electron chi connectivity index (χ2n) is 8.45. The monoisotopic (exact) mass is 563 g/mol. The molecule has 3 aromatic rings. The van der Waals surface area contributed by atoms with Crippen molar-refractivity contribution in [3.8, 4) is 5.75 Å². The third-order valence-electron chi connectivity index (χ3n) is 5.92. The first kappa shape index (κ1) is 27.1. The Labute approximate surface area is 224 Å². The first-order valence-electron chi connectivity index (χ1n) is 11.5. The predicted octanol–water partition coefficient (Wildman–Crippen LogP) is 5.26. The molecular formula is C26H24Cl2FN3O4S. The maximum absolute atomic E-state index is 13.9. The number of hydrazone groups is 1. The average molecular weight is 564 g/mol. The largest absolute Gasteiger partial charge is 0.489 e. The molecule has 0 saturated carbocycles. The van der Waals surface area contributed by atoms with Crippen molar-refractivity contribution in [3.63, 3.8) is 0 Å². The van der Waals surface area contributed by atoms with Crippen LogP contribution in [0.3, 0.4) is 0 Å². The summed E-state index contributed by atoms with van der Waals surface area (Å²) in [6, 6.07) is 17.3. The highest BCUT2D eigenvalue weighted by Gasteiger charge is 2.33. The molecule has 194 valence electrons. The van der Waals surface area contributed by atoms with E-state index in [1.807, 2.05) is 0 Å². The van der Waals surface area contributed by atoms with Gasteiger partial charge in [-0.2, -0.15) is 9.41 Å². The van der Waals surface area contributed by atoms with Crippen LogP contribution in [0.4, 0.5) is 4.39 Å². The standard InChI is InChI=1S/C26H24Cl2FN3O4S/c27-20-8-12-22(13-9-20)37(34,35)32-14-2-3-19(16-32)26(33)31-30-15-18-6-10-21(11-7-18)36-17-23-24(28)4-1-5-25(23)29/h1,4-13,15,19H,2-3,14,16-17H2,(H,31,33)/b30-15-/t19-/m1/s1. The molecule has 1 aliphatic heterocycles. The zero-order chi connectivity index (χ0) is 26.4. The number of carbonyl (C=O) groups excluding carboxylic acids is 1. The van der Waals surface area contributed by atoms with E-state index in [4.69, 9.17) is 27.9 Å². The zero-order valence-electron chi connectivity index (χ0n) is 19.6. The Morgan fingerprint density at radius 1 is 1.11 bits per heavy atom. The molecule has 1 atom stereocenters. The van der Waals surface area contributed by atoms with E-state index < -0.39 is 21.8 Å². The minimum absolute atomic E-state index is 0.0128. The lowest BCUT2D eigenvalue weighted by Crippen LogP contribution is -2.44. The molecule has 1 N–H and O–H groups in total. The number of halogens is 3. The van der Waals surface area contributed by atoms with E-state index in [9.17, 15) is 17.6 Å². The van der Waals surface area contributed by atoms with E-state index in [1.165, 1.54) is 46.9 Å². The average Bonchev–Trinajstić information content (AvgIpc) is 2.89. The molecule has 0 spiro atoms. The van der Waals surface area contributed by atoms with Gasteiger partial charge in [-0.3, -0.25) is 4.79 Å². The van der Waals surface area contributed by atoms with Crippen LogP contribution >= 0.6 is 23.2 Å². The first-order chi connectivity index (χ1) is 17.7. The molecule has 0 unspecified atom stereocenters. The fourth-order valence-electron chi connectivity index (χ4n) is 3.87. The molecule has 37 heavy (non-hydrogen) atoms. The van der Waals surface area contributed by atoms with Gasteiger partial charge in [-0.15, -0.1) is 0 Å². The summed E-state index contributed by atoms with van der Waals surface area (Å²) in [5, 5.41) is 4.74. The van der Waals surface area contributed by atoms with Gasteiger partial charge in [0.2, 0.25) is 15.9 Å². The Balaban J connectivity index is 1.30. The van der Waals surface area contributed by atoms with Gasteiger partial charge in [-0.05, 0) is 79.1 Å². The van der Waals surface area contributed by atoms with Gasteiger partial charge in [0.25, 0.3) is 0 Å². The molecule has 3 aromatic carbocycles. The van der Waals surface area contributed by atoms with Gasteiger partial charge in [-0.25, -0.2) is 18.2 Å². The van der Waals surface area contributed by atoms with Crippen LogP contribution in [0.15, 0.2) is 76.7 Å². The second kappa shape index (κ2) is 12.0. The van der Waals surface area contributed by atoms with Crippen molar-refractivity contribution in [2.45, 2.75) is 24.3 Å². The topological polar surface area (TPSA) is 88.1 Å². The molecule has 1 fully saturated rings. The van der Waals surface area contributed by atoms with Crippen LogP contribution < -0.4 is 10.2 Å². The minimum Gasteiger partial charge on any atom is -0.489 e. The quantitative estimate of drug-likeness (QED) is 0.299. The Bertz CT molecular complexity index is 1360. The number of carbonyl (C=O) groups is 1. The molecule has 11 heteroatoms. The molecular weight excluding hydrogens is 540 g/mol. The number of benzene rings is 3. The fraction of sp³-hybridized carbons (Fsp3) is 0.231. The van der Waals surface area contributed by atoms with Gasteiger partial charge in [0.15, 0.2) is 0 Å². The number of hydrogen-bond acceptors (Lipinski definition) is 5. The fourth-order valence-corrected chi connectivity index (χ4v) is 5.74. The van der Waals surface area contributed by atoms with E-state index >= 15 is 0 Å². The van der Waals surface area contributed by atoms with Crippen molar-refractivity contribution >= 4 is 45.3 Å². The Hall–Kier alpha value is -2.98. The highest BCUT2D eigenvalue weighted by atomic mass is 35.5. The SMILES string of the molecule is O=C(N/N=C\c1ccc(OCc2c(F)cccc2Cl)cc1)[C@@H]1CCCN(S(=O)(=O)c2ccc(Cl)cc2)C1. The van der Waals surface area contributed by atoms with Gasteiger partial charge in [0, 0.05) is 23.7 Å². The van der Waals surface area contributed by atoms with E-state index in [0.717, 1.165) is 0 Å². The summed E-state index contributed by atoms with van der Waals surface area (Å²) in [5.41, 5.74) is 3.48. The molecule has 1 amide bonds. The lowest BCUT2D eigenvalue weighted by atomic mass is 9.99. The van der Waals surface area contributed by atoms with E-state index in [1.54, 1.807) is 30.3 Å².